The molecule has 7 rings (SSSR count). The first-order valence-corrected chi connectivity index (χ1v) is 28.1. The predicted octanol–water partition coefficient (Wildman–Crippen LogP) is 15.8. The average molecular weight is 991 g/mol. The summed E-state index contributed by atoms with van der Waals surface area (Å²) in [7, 11) is 1.50. The fourth-order valence-corrected chi connectivity index (χ4v) is 11.2. The molecule has 9 heteroatoms. The van der Waals surface area contributed by atoms with Crippen LogP contribution in [0.2, 0.25) is 0 Å². The number of hydrogen-bond donors (Lipinski definition) is 3. The molecule has 1 aliphatic carbocycles. The fourth-order valence-electron chi connectivity index (χ4n) is 11.2. The molecule has 2 saturated heterocycles. The Morgan fingerprint density at radius 2 is 1.62 bits per heavy atom. The van der Waals surface area contributed by atoms with E-state index in [4.69, 9.17) is 11.6 Å². The van der Waals surface area contributed by atoms with Crippen LogP contribution in [0.3, 0.4) is 0 Å². The number of hydrazine groups is 1. The van der Waals surface area contributed by atoms with E-state index in [-0.39, 0.29) is 29.0 Å². The molecule has 1 saturated carbocycles. The van der Waals surface area contributed by atoms with Gasteiger partial charge in [-0.3, -0.25) is 9.88 Å². The third kappa shape index (κ3) is 15.9. The largest absolute Gasteiger partial charge is 0.379 e. The number of rotatable bonds is 24. The van der Waals surface area contributed by atoms with Gasteiger partial charge in [0.1, 0.15) is 0 Å². The molecular weight excluding hydrogens is 893 g/mol. The minimum atomic E-state index is -2.61. The van der Waals surface area contributed by atoms with Crippen LogP contribution in [0, 0.1) is 23.2 Å². The molecule has 0 radical (unpaired) electrons. The maximum Gasteiger partial charge on any atom is 0.263 e. The van der Waals surface area contributed by atoms with Crippen molar-refractivity contribution in [2.75, 3.05) is 33.2 Å². The number of aromatic nitrogens is 2. The maximum atomic E-state index is 15.1. The predicted molar refractivity (Wildman–Crippen MR) is 305 cm³/mol. The normalized spacial score (nSPS) is 17.2. The number of allylic oxidation sites excluding steroid dienone is 1. The first-order chi connectivity index (χ1) is 34.4. The molecule has 0 bridgehead atoms. The summed E-state index contributed by atoms with van der Waals surface area (Å²) in [6, 6.07) is 16.4. The minimum Gasteiger partial charge on any atom is -0.379 e. The zero-order chi connectivity index (χ0) is 52.7. The molecule has 4 aromatic rings. The number of hydrogen-bond acceptors (Lipinski definition) is 6. The van der Waals surface area contributed by atoms with Gasteiger partial charge >= 0.3 is 0 Å². The van der Waals surface area contributed by atoms with Crippen LogP contribution >= 0.6 is 0 Å². The Hall–Kier alpha value is -4.31. The van der Waals surface area contributed by atoms with Gasteiger partial charge in [0.15, 0.2) is 0 Å². The molecular formula is C63H97F2N7. The second kappa shape index (κ2) is 27.8. The highest BCUT2D eigenvalue weighted by molar-refractivity contribution is 5.95. The monoisotopic (exact) mass is 990 g/mol. The zero-order valence-electron chi connectivity index (χ0n) is 46.9. The van der Waals surface area contributed by atoms with Crippen LogP contribution < -0.4 is 16.5 Å². The van der Waals surface area contributed by atoms with Crippen LogP contribution in [0.1, 0.15) is 181 Å². The second-order valence-corrected chi connectivity index (χ2v) is 22.9. The molecule has 2 aromatic carbocycles. The number of likely N-dealkylation sites (tertiary alicyclic amines) is 1. The number of alkyl halides is 2. The van der Waals surface area contributed by atoms with Gasteiger partial charge in [-0.2, -0.15) is 0 Å². The molecule has 0 spiro atoms. The Morgan fingerprint density at radius 3 is 2.24 bits per heavy atom. The Morgan fingerprint density at radius 1 is 0.903 bits per heavy atom. The third-order valence-electron chi connectivity index (χ3n) is 15.4. The molecule has 3 atom stereocenters. The standard InChI is InChI=1S/C58H82F2N6.C4H10.CH5N/c1-12-65-53-23-22-46(35-50(53)51(36-58(10,11)26-24-38(2)3)56(65)49-19-16-27-61-54(49)39(4)5)47-31-45(32-48(34-47)57(59)60)33-52(42(9)66-29-14-13-28-62-66)63-41(8)55(40(6)7)64-30-25-44(37-64)18-15-17-43-20-21-43;1-3-4-2;1-2/h16,19,22-23,27,31-32,34-35,39-40,43-44,52,55,57,62-63H,2,8-9,12-15,17-18,20-21,24-26,28-30,33,36-37H2,1,3-7,10-11H3;3-4H2,1-2H3;2H2,1H3. The topological polar surface area (TPSA) is 74.4 Å². The quantitative estimate of drug-likeness (QED) is 0.0608. The summed E-state index contributed by atoms with van der Waals surface area (Å²) in [6.45, 7) is 40.8. The number of aryl methyl sites for hydroxylation is 1. The highest BCUT2D eigenvalue weighted by atomic mass is 19.3. The van der Waals surface area contributed by atoms with Crippen molar-refractivity contribution in [3.8, 4) is 22.4 Å². The van der Waals surface area contributed by atoms with E-state index in [0.717, 1.165) is 122 Å². The first kappa shape index (κ1) is 58.6. The van der Waals surface area contributed by atoms with Crippen molar-refractivity contribution in [2.45, 2.75) is 190 Å². The van der Waals surface area contributed by atoms with E-state index in [1.165, 1.54) is 80.6 Å². The summed E-state index contributed by atoms with van der Waals surface area (Å²) in [5.41, 5.74) is 19.7. The van der Waals surface area contributed by atoms with E-state index in [1.807, 2.05) is 12.3 Å². The van der Waals surface area contributed by atoms with Crippen LogP contribution in [-0.4, -0.2) is 64.8 Å². The highest BCUT2D eigenvalue weighted by Gasteiger charge is 2.34. The minimum absolute atomic E-state index is 0.0161. The molecule has 398 valence electrons. The summed E-state index contributed by atoms with van der Waals surface area (Å²) in [4.78, 5) is 7.57. The van der Waals surface area contributed by atoms with Gasteiger partial charge in [-0.1, -0.05) is 131 Å². The molecule has 2 aromatic heterocycles. The summed E-state index contributed by atoms with van der Waals surface area (Å²) in [6.07, 6.45) is 15.6. The van der Waals surface area contributed by atoms with E-state index in [1.54, 1.807) is 12.1 Å². The summed E-state index contributed by atoms with van der Waals surface area (Å²) in [5.74, 6) is 2.33. The zero-order valence-corrected chi connectivity index (χ0v) is 46.9. The summed E-state index contributed by atoms with van der Waals surface area (Å²) in [5, 5.41) is 7.25. The fraction of sp³-hybridized carbons (Fsp3) is 0.603. The van der Waals surface area contributed by atoms with Crippen molar-refractivity contribution < 1.29 is 8.78 Å². The van der Waals surface area contributed by atoms with Crippen molar-refractivity contribution in [3.05, 3.63) is 114 Å². The SMILES string of the molecule is C=C(C)CCC(C)(C)Cc1c(-c2cccnc2C(C)C)n(CC)c2ccc(-c3cc(CC(NC(=C)C(C(C)C)N4CCC(CCCC5CC5)C4)C(=C)N4CCCCN4)cc(C(F)F)c3)cc12.CCCC.CN. The number of nitrogens with two attached hydrogens (primary N) is 1. The molecule has 3 unspecified atom stereocenters. The molecule has 4 N–H and O–H groups in total. The Kier molecular flexibility index (Phi) is 22.6. The molecule has 2 aliphatic heterocycles. The van der Waals surface area contributed by atoms with E-state index in [9.17, 15) is 0 Å². The van der Waals surface area contributed by atoms with Gasteiger partial charge in [-0.05, 0) is 160 Å². The Bertz CT molecular complexity index is 2350. The van der Waals surface area contributed by atoms with Crippen LogP contribution in [0.5, 0.6) is 0 Å². The number of benzene rings is 2. The van der Waals surface area contributed by atoms with Crippen LogP contribution in [-0.2, 0) is 19.4 Å². The maximum absolute atomic E-state index is 15.1. The van der Waals surface area contributed by atoms with E-state index >= 15 is 8.78 Å². The van der Waals surface area contributed by atoms with Crippen molar-refractivity contribution in [1.29, 1.82) is 0 Å². The van der Waals surface area contributed by atoms with Crippen LogP contribution in [0.25, 0.3) is 33.3 Å². The average Bonchev–Trinajstić information content (AvgIpc) is 4.00. The second-order valence-electron chi connectivity index (χ2n) is 22.9. The Labute approximate surface area is 436 Å². The molecule has 3 aliphatic rings. The summed E-state index contributed by atoms with van der Waals surface area (Å²) >= 11 is 0. The van der Waals surface area contributed by atoms with Gasteiger partial charge in [0.25, 0.3) is 6.43 Å². The molecule has 3 fully saturated rings. The van der Waals surface area contributed by atoms with Crippen LogP contribution in [0.4, 0.5) is 8.78 Å². The highest BCUT2D eigenvalue weighted by Crippen LogP contribution is 2.43. The lowest BCUT2D eigenvalue weighted by atomic mass is 9.79. The smallest absolute Gasteiger partial charge is 0.263 e. The van der Waals surface area contributed by atoms with E-state index in [0.29, 0.717) is 12.3 Å². The van der Waals surface area contributed by atoms with Gasteiger partial charge < -0.3 is 20.6 Å². The van der Waals surface area contributed by atoms with Gasteiger partial charge in [0.05, 0.1) is 23.5 Å². The lowest BCUT2D eigenvalue weighted by Gasteiger charge is -2.39. The van der Waals surface area contributed by atoms with Gasteiger partial charge in [0.2, 0.25) is 0 Å². The van der Waals surface area contributed by atoms with Gasteiger partial charge in [-0.15, -0.1) is 6.58 Å². The van der Waals surface area contributed by atoms with Crippen molar-refractivity contribution in [3.63, 3.8) is 0 Å². The van der Waals surface area contributed by atoms with Gasteiger partial charge in [-0.25, -0.2) is 14.2 Å². The van der Waals surface area contributed by atoms with Crippen LogP contribution in [0.15, 0.2) is 91.4 Å². The number of nitrogens with zero attached hydrogens (tertiary/aromatic N) is 4. The number of pyridine rings is 1. The molecule has 7 nitrogen and oxygen atoms in total. The third-order valence-corrected chi connectivity index (χ3v) is 15.4. The van der Waals surface area contributed by atoms with E-state index in [2.05, 4.69) is 144 Å². The van der Waals surface area contributed by atoms with E-state index < -0.39 is 6.43 Å². The van der Waals surface area contributed by atoms with Crippen molar-refractivity contribution >= 4 is 10.9 Å². The molecule has 72 heavy (non-hydrogen) atoms. The number of unbranched alkanes of at least 4 members (excludes halogenated alkanes) is 1. The number of nitrogens with one attached hydrogen (secondary N) is 2. The summed E-state index contributed by atoms with van der Waals surface area (Å²) < 4.78 is 32.6. The number of halogens is 2. The van der Waals surface area contributed by atoms with Gasteiger partial charge in [0, 0.05) is 65.8 Å². The first-order valence-electron chi connectivity index (χ1n) is 28.1. The Balaban J connectivity index is 0.00000153. The lowest BCUT2D eigenvalue weighted by molar-refractivity contribution is 0.151. The molecule has 4 heterocycles. The van der Waals surface area contributed by atoms with Crippen molar-refractivity contribution in [1.82, 2.24) is 30.2 Å². The van der Waals surface area contributed by atoms with Crippen molar-refractivity contribution in [2.24, 2.45) is 28.9 Å². The molecule has 0 amide bonds. The lowest BCUT2D eigenvalue weighted by Crippen LogP contribution is -2.51. The number of fused-ring (bicyclic) bond motifs is 1.